The minimum atomic E-state index is 0.0742. The molecule has 0 atom stereocenters. The Labute approximate surface area is 91.6 Å². The molecule has 0 amide bonds. The van der Waals surface area contributed by atoms with Gasteiger partial charge in [-0.05, 0) is 24.6 Å². The van der Waals surface area contributed by atoms with Gasteiger partial charge in [0.15, 0.2) is 0 Å². The van der Waals surface area contributed by atoms with E-state index in [4.69, 9.17) is 4.74 Å². The van der Waals surface area contributed by atoms with Crippen molar-refractivity contribution in [3.8, 4) is 0 Å². The van der Waals surface area contributed by atoms with Crippen LogP contribution in [-0.2, 0) is 16.7 Å². The summed E-state index contributed by atoms with van der Waals surface area (Å²) in [5.74, 6) is 0. The molecule has 1 heterocycles. The maximum Gasteiger partial charge on any atom is 0.0906 e. The third-order valence-corrected chi connectivity index (χ3v) is 3.22. The van der Waals surface area contributed by atoms with Crippen molar-refractivity contribution < 1.29 is 4.74 Å². The van der Waals surface area contributed by atoms with Crippen LogP contribution in [0.5, 0.6) is 0 Å². The standard InChI is InChI=1S/C13H19NO/c1-3-4-11-5-7-12(8-6-11)13(14-2)9-15-10-13/h5-8,14H,3-4,9-10H2,1-2H3. The Morgan fingerprint density at radius 3 is 2.33 bits per heavy atom. The van der Waals surface area contributed by atoms with Crippen LogP contribution in [0.1, 0.15) is 24.5 Å². The number of aryl methyl sites for hydroxylation is 1. The second kappa shape index (κ2) is 4.33. The van der Waals surface area contributed by atoms with E-state index in [2.05, 4.69) is 36.5 Å². The fraction of sp³-hybridized carbons (Fsp3) is 0.538. The van der Waals surface area contributed by atoms with Gasteiger partial charge in [0.25, 0.3) is 0 Å². The van der Waals surface area contributed by atoms with E-state index in [1.54, 1.807) is 0 Å². The molecule has 1 aromatic carbocycles. The van der Waals surface area contributed by atoms with Crippen molar-refractivity contribution in [2.75, 3.05) is 20.3 Å². The first kappa shape index (κ1) is 10.7. The molecule has 1 saturated heterocycles. The molecule has 0 saturated carbocycles. The van der Waals surface area contributed by atoms with Crippen LogP contribution in [0.3, 0.4) is 0 Å². The summed E-state index contributed by atoms with van der Waals surface area (Å²) in [5.41, 5.74) is 2.84. The molecule has 2 nitrogen and oxygen atoms in total. The van der Waals surface area contributed by atoms with Crippen molar-refractivity contribution in [2.45, 2.75) is 25.3 Å². The highest BCUT2D eigenvalue weighted by Crippen LogP contribution is 2.29. The summed E-state index contributed by atoms with van der Waals surface area (Å²) in [6.45, 7) is 3.79. The van der Waals surface area contributed by atoms with Gasteiger partial charge in [0.2, 0.25) is 0 Å². The van der Waals surface area contributed by atoms with E-state index in [0.29, 0.717) is 0 Å². The monoisotopic (exact) mass is 205 g/mol. The van der Waals surface area contributed by atoms with E-state index in [9.17, 15) is 0 Å². The fourth-order valence-corrected chi connectivity index (χ4v) is 2.04. The van der Waals surface area contributed by atoms with Gasteiger partial charge in [-0.2, -0.15) is 0 Å². The number of rotatable bonds is 4. The molecule has 1 fully saturated rings. The average Bonchev–Trinajstić information content (AvgIpc) is 2.20. The first-order valence-electron chi connectivity index (χ1n) is 5.67. The van der Waals surface area contributed by atoms with Crippen LogP contribution in [0.4, 0.5) is 0 Å². The van der Waals surface area contributed by atoms with E-state index < -0.39 is 0 Å². The molecule has 2 rings (SSSR count). The Hall–Kier alpha value is -0.860. The Bertz CT molecular complexity index is 308. The Balaban J connectivity index is 2.15. The number of hydrogen-bond donors (Lipinski definition) is 1. The van der Waals surface area contributed by atoms with E-state index in [1.807, 2.05) is 7.05 Å². The smallest absolute Gasteiger partial charge is 0.0906 e. The van der Waals surface area contributed by atoms with Gasteiger partial charge in [-0.1, -0.05) is 37.6 Å². The van der Waals surface area contributed by atoms with Crippen molar-refractivity contribution in [1.82, 2.24) is 5.32 Å². The van der Waals surface area contributed by atoms with E-state index in [-0.39, 0.29) is 5.54 Å². The maximum atomic E-state index is 5.30. The molecule has 1 aliphatic rings. The molecule has 0 spiro atoms. The van der Waals surface area contributed by atoms with Gasteiger partial charge in [0.1, 0.15) is 0 Å². The molecule has 2 heteroatoms. The lowest BCUT2D eigenvalue weighted by atomic mass is 9.87. The number of ether oxygens (including phenoxy) is 1. The zero-order chi connectivity index (χ0) is 10.7. The van der Waals surface area contributed by atoms with Crippen LogP contribution in [0.25, 0.3) is 0 Å². The molecule has 0 unspecified atom stereocenters. The van der Waals surface area contributed by atoms with Gasteiger partial charge in [-0.15, -0.1) is 0 Å². The van der Waals surface area contributed by atoms with Gasteiger partial charge < -0.3 is 10.1 Å². The maximum absolute atomic E-state index is 5.30. The van der Waals surface area contributed by atoms with Crippen molar-refractivity contribution in [3.63, 3.8) is 0 Å². The second-order valence-electron chi connectivity index (χ2n) is 4.27. The van der Waals surface area contributed by atoms with Crippen molar-refractivity contribution in [3.05, 3.63) is 35.4 Å². The summed E-state index contributed by atoms with van der Waals surface area (Å²) in [4.78, 5) is 0. The highest BCUT2D eigenvalue weighted by Gasteiger charge is 2.38. The van der Waals surface area contributed by atoms with Crippen molar-refractivity contribution in [1.29, 1.82) is 0 Å². The highest BCUT2D eigenvalue weighted by molar-refractivity contribution is 5.30. The topological polar surface area (TPSA) is 21.3 Å². The molecule has 1 aliphatic heterocycles. The number of benzene rings is 1. The summed E-state index contributed by atoms with van der Waals surface area (Å²) < 4.78 is 5.30. The highest BCUT2D eigenvalue weighted by atomic mass is 16.5. The molecule has 1 aromatic rings. The van der Waals surface area contributed by atoms with Crippen LogP contribution < -0.4 is 5.32 Å². The molecule has 0 aliphatic carbocycles. The molecule has 82 valence electrons. The third-order valence-electron chi connectivity index (χ3n) is 3.22. The third kappa shape index (κ3) is 1.92. The van der Waals surface area contributed by atoms with E-state index in [1.165, 1.54) is 24.0 Å². The lowest BCUT2D eigenvalue weighted by Gasteiger charge is -2.41. The molecular weight excluding hydrogens is 186 g/mol. The zero-order valence-corrected chi connectivity index (χ0v) is 9.55. The molecule has 0 bridgehead atoms. The van der Waals surface area contributed by atoms with Gasteiger partial charge in [-0.25, -0.2) is 0 Å². The summed E-state index contributed by atoms with van der Waals surface area (Å²) in [7, 11) is 2.00. The van der Waals surface area contributed by atoms with Gasteiger partial charge in [0.05, 0.1) is 18.8 Å². The largest absolute Gasteiger partial charge is 0.377 e. The first-order chi connectivity index (χ1) is 7.30. The zero-order valence-electron chi connectivity index (χ0n) is 9.55. The van der Waals surface area contributed by atoms with Crippen molar-refractivity contribution in [2.24, 2.45) is 0 Å². The SMILES string of the molecule is CCCc1ccc(C2(NC)COC2)cc1. The molecule has 15 heavy (non-hydrogen) atoms. The Kier molecular flexibility index (Phi) is 3.08. The fourth-order valence-electron chi connectivity index (χ4n) is 2.04. The minimum Gasteiger partial charge on any atom is -0.377 e. The van der Waals surface area contributed by atoms with Gasteiger partial charge in [0, 0.05) is 0 Å². The van der Waals surface area contributed by atoms with Gasteiger partial charge >= 0.3 is 0 Å². The lowest BCUT2D eigenvalue weighted by Crippen LogP contribution is -2.56. The molecular formula is C13H19NO. The summed E-state index contributed by atoms with van der Waals surface area (Å²) in [6.07, 6.45) is 2.38. The van der Waals surface area contributed by atoms with Gasteiger partial charge in [-0.3, -0.25) is 0 Å². The van der Waals surface area contributed by atoms with Crippen LogP contribution in [0.2, 0.25) is 0 Å². The predicted molar refractivity (Wildman–Crippen MR) is 62.0 cm³/mol. The minimum absolute atomic E-state index is 0.0742. The Morgan fingerprint density at radius 2 is 1.93 bits per heavy atom. The van der Waals surface area contributed by atoms with E-state index in [0.717, 1.165) is 13.2 Å². The van der Waals surface area contributed by atoms with Crippen molar-refractivity contribution >= 4 is 0 Å². The van der Waals surface area contributed by atoms with Crippen LogP contribution in [0, 0.1) is 0 Å². The van der Waals surface area contributed by atoms with Crippen LogP contribution in [0.15, 0.2) is 24.3 Å². The summed E-state index contributed by atoms with van der Waals surface area (Å²) >= 11 is 0. The van der Waals surface area contributed by atoms with Crippen LogP contribution in [-0.4, -0.2) is 20.3 Å². The summed E-state index contributed by atoms with van der Waals surface area (Å²) in [6, 6.07) is 8.92. The van der Waals surface area contributed by atoms with Crippen LogP contribution >= 0.6 is 0 Å². The quantitative estimate of drug-likeness (QED) is 0.812. The Morgan fingerprint density at radius 1 is 1.27 bits per heavy atom. The lowest BCUT2D eigenvalue weighted by molar-refractivity contribution is -0.0747. The molecule has 1 N–H and O–H groups in total. The van der Waals surface area contributed by atoms with E-state index >= 15 is 0 Å². The average molecular weight is 205 g/mol. The number of nitrogens with one attached hydrogen (secondary N) is 1. The molecule has 0 aromatic heterocycles. The predicted octanol–water partition coefficient (Wildman–Crippen LogP) is 2.08. The number of likely N-dealkylation sites (N-methyl/N-ethyl adjacent to an activating group) is 1. The summed E-state index contributed by atoms with van der Waals surface area (Å²) in [5, 5.41) is 3.36. The first-order valence-corrected chi connectivity index (χ1v) is 5.67. The number of hydrogen-bond acceptors (Lipinski definition) is 2. The second-order valence-corrected chi connectivity index (χ2v) is 4.27. The molecule has 0 radical (unpaired) electrons. The normalized spacial score (nSPS) is 18.5.